The molecule has 0 radical (unpaired) electrons. The lowest BCUT2D eigenvalue weighted by atomic mass is 10.2. The van der Waals surface area contributed by atoms with Crippen molar-refractivity contribution in [1.29, 1.82) is 0 Å². The molecule has 1 rings (SSSR count). The van der Waals surface area contributed by atoms with E-state index in [9.17, 15) is 4.21 Å². The SMILES string of the molecule is COc1ccc(CS(=O)O)c(OC)c1. The summed E-state index contributed by atoms with van der Waals surface area (Å²) in [5, 5.41) is 0. The average Bonchev–Trinajstić information content (AvgIpc) is 2.17. The highest BCUT2D eigenvalue weighted by Gasteiger charge is 2.06. The van der Waals surface area contributed by atoms with E-state index in [4.69, 9.17) is 14.0 Å². The van der Waals surface area contributed by atoms with Crippen molar-refractivity contribution in [3.63, 3.8) is 0 Å². The molecule has 1 atom stereocenters. The van der Waals surface area contributed by atoms with Crippen molar-refractivity contribution in [2.24, 2.45) is 0 Å². The highest BCUT2D eigenvalue weighted by molar-refractivity contribution is 7.78. The van der Waals surface area contributed by atoms with E-state index in [0.29, 0.717) is 17.1 Å². The number of rotatable bonds is 4. The molecule has 0 aromatic heterocycles. The quantitative estimate of drug-likeness (QED) is 0.773. The molecular weight excluding hydrogens is 204 g/mol. The van der Waals surface area contributed by atoms with E-state index in [-0.39, 0.29) is 5.75 Å². The molecule has 78 valence electrons. The molecule has 0 saturated heterocycles. The Morgan fingerprint density at radius 2 is 2.07 bits per heavy atom. The van der Waals surface area contributed by atoms with Gasteiger partial charge >= 0.3 is 0 Å². The molecule has 4 nitrogen and oxygen atoms in total. The van der Waals surface area contributed by atoms with Crippen LogP contribution in [0.3, 0.4) is 0 Å². The molecule has 5 heteroatoms. The first-order chi connectivity index (χ1) is 6.67. The number of hydrogen-bond donors (Lipinski definition) is 1. The molecule has 0 heterocycles. The number of hydrogen-bond acceptors (Lipinski definition) is 3. The summed E-state index contributed by atoms with van der Waals surface area (Å²) in [6.07, 6.45) is 0. The smallest absolute Gasteiger partial charge is 0.157 e. The van der Waals surface area contributed by atoms with Crippen molar-refractivity contribution >= 4 is 11.1 Å². The van der Waals surface area contributed by atoms with Gasteiger partial charge < -0.3 is 14.0 Å². The molecule has 1 aromatic carbocycles. The largest absolute Gasteiger partial charge is 0.497 e. The summed E-state index contributed by atoms with van der Waals surface area (Å²) in [5.74, 6) is 1.29. The lowest BCUT2D eigenvalue weighted by Gasteiger charge is -2.08. The van der Waals surface area contributed by atoms with Gasteiger partial charge in [-0.2, -0.15) is 0 Å². The number of ether oxygens (including phenoxy) is 2. The molecule has 1 unspecified atom stereocenters. The highest BCUT2D eigenvalue weighted by Crippen LogP contribution is 2.25. The van der Waals surface area contributed by atoms with Gasteiger partial charge in [-0.05, 0) is 6.07 Å². The first-order valence-corrected chi connectivity index (χ1v) is 5.23. The molecule has 1 N–H and O–H groups in total. The summed E-state index contributed by atoms with van der Waals surface area (Å²) < 4.78 is 29.4. The molecule has 0 aliphatic carbocycles. The van der Waals surface area contributed by atoms with Gasteiger partial charge in [0.25, 0.3) is 0 Å². The van der Waals surface area contributed by atoms with Crippen LogP contribution >= 0.6 is 0 Å². The fraction of sp³-hybridized carbons (Fsp3) is 0.333. The van der Waals surface area contributed by atoms with Gasteiger partial charge in [-0.3, -0.25) is 0 Å². The van der Waals surface area contributed by atoms with Gasteiger partial charge in [-0.15, -0.1) is 0 Å². The zero-order valence-corrected chi connectivity index (χ0v) is 8.84. The van der Waals surface area contributed by atoms with Gasteiger partial charge in [-0.25, -0.2) is 4.21 Å². The van der Waals surface area contributed by atoms with Crippen LogP contribution < -0.4 is 9.47 Å². The number of methoxy groups -OCH3 is 2. The molecule has 0 spiro atoms. The van der Waals surface area contributed by atoms with Crippen LogP contribution in [-0.4, -0.2) is 23.0 Å². The van der Waals surface area contributed by atoms with Crippen molar-refractivity contribution < 1.29 is 18.2 Å². The van der Waals surface area contributed by atoms with Crippen LogP contribution in [0.5, 0.6) is 11.5 Å². The summed E-state index contributed by atoms with van der Waals surface area (Å²) >= 11 is -1.86. The predicted octanol–water partition coefficient (Wildman–Crippen LogP) is 1.43. The normalized spacial score (nSPS) is 12.2. The topological polar surface area (TPSA) is 55.8 Å². The molecule has 14 heavy (non-hydrogen) atoms. The number of benzene rings is 1. The minimum absolute atomic E-state index is 0.0627. The van der Waals surface area contributed by atoms with Crippen LogP contribution in [-0.2, 0) is 16.8 Å². The van der Waals surface area contributed by atoms with Crippen LogP contribution in [0.2, 0.25) is 0 Å². The summed E-state index contributed by atoms with van der Waals surface area (Å²) in [7, 11) is 3.07. The van der Waals surface area contributed by atoms with Crippen LogP contribution in [0.1, 0.15) is 5.56 Å². The zero-order chi connectivity index (χ0) is 10.6. The third-order valence-corrected chi connectivity index (χ3v) is 2.33. The van der Waals surface area contributed by atoms with E-state index in [1.54, 1.807) is 25.3 Å². The van der Waals surface area contributed by atoms with Crippen LogP contribution in [0.25, 0.3) is 0 Å². The van der Waals surface area contributed by atoms with E-state index < -0.39 is 11.1 Å². The third-order valence-electron chi connectivity index (χ3n) is 1.77. The van der Waals surface area contributed by atoms with Crippen LogP contribution in [0, 0.1) is 0 Å². The minimum Gasteiger partial charge on any atom is -0.497 e. The molecule has 0 amide bonds. The Morgan fingerprint density at radius 3 is 2.57 bits per heavy atom. The first kappa shape index (κ1) is 11.0. The Morgan fingerprint density at radius 1 is 1.36 bits per heavy atom. The Labute approximate surface area is 85.1 Å². The summed E-state index contributed by atoms with van der Waals surface area (Å²) in [5.41, 5.74) is 0.689. The van der Waals surface area contributed by atoms with Gasteiger partial charge in [0.05, 0.1) is 20.0 Å². The van der Waals surface area contributed by atoms with Crippen LogP contribution in [0.15, 0.2) is 18.2 Å². The molecule has 0 fully saturated rings. The van der Waals surface area contributed by atoms with E-state index in [2.05, 4.69) is 0 Å². The maximum atomic E-state index is 10.6. The lowest BCUT2D eigenvalue weighted by Crippen LogP contribution is -1.97. The highest BCUT2D eigenvalue weighted by atomic mass is 32.2. The van der Waals surface area contributed by atoms with Gasteiger partial charge in [0.2, 0.25) is 0 Å². The Hall–Kier alpha value is -1.07. The standard InChI is InChI=1S/C9H12O4S/c1-12-8-4-3-7(6-14(10)11)9(5-8)13-2/h3-5H,6H2,1-2H3,(H,10,11). The molecule has 0 aliphatic rings. The molecule has 0 aliphatic heterocycles. The summed E-state index contributed by atoms with van der Waals surface area (Å²) in [6.45, 7) is 0. The molecule has 1 aromatic rings. The summed E-state index contributed by atoms with van der Waals surface area (Å²) in [4.78, 5) is 0. The van der Waals surface area contributed by atoms with E-state index in [1.807, 2.05) is 0 Å². The van der Waals surface area contributed by atoms with E-state index in [1.165, 1.54) is 7.11 Å². The van der Waals surface area contributed by atoms with Crippen molar-refractivity contribution in [2.45, 2.75) is 5.75 Å². The van der Waals surface area contributed by atoms with Gasteiger partial charge in [0.15, 0.2) is 11.1 Å². The fourth-order valence-corrected chi connectivity index (χ4v) is 1.61. The monoisotopic (exact) mass is 216 g/mol. The fourth-order valence-electron chi connectivity index (χ4n) is 1.10. The second kappa shape index (κ2) is 4.97. The van der Waals surface area contributed by atoms with Gasteiger partial charge in [0.1, 0.15) is 11.5 Å². The maximum absolute atomic E-state index is 10.6. The second-order valence-corrected chi connectivity index (χ2v) is 3.58. The van der Waals surface area contributed by atoms with Crippen molar-refractivity contribution in [1.82, 2.24) is 0 Å². The Balaban J connectivity index is 2.98. The second-order valence-electron chi connectivity index (χ2n) is 2.64. The summed E-state index contributed by atoms with van der Waals surface area (Å²) in [6, 6.07) is 5.12. The van der Waals surface area contributed by atoms with Crippen molar-refractivity contribution in [2.75, 3.05) is 14.2 Å². The van der Waals surface area contributed by atoms with Crippen molar-refractivity contribution in [3.05, 3.63) is 23.8 Å². The van der Waals surface area contributed by atoms with Gasteiger partial charge in [0, 0.05) is 11.6 Å². The first-order valence-electron chi connectivity index (χ1n) is 3.95. The third kappa shape index (κ3) is 2.71. The maximum Gasteiger partial charge on any atom is 0.157 e. The van der Waals surface area contributed by atoms with E-state index >= 15 is 0 Å². The van der Waals surface area contributed by atoms with E-state index in [0.717, 1.165) is 0 Å². The zero-order valence-electron chi connectivity index (χ0n) is 8.02. The molecular formula is C9H12O4S. The molecule has 0 bridgehead atoms. The Bertz CT molecular complexity index is 338. The van der Waals surface area contributed by atoms with Gasteiger partial charge in [-0.1, -0.05) is 6.07 Å². The predicted molar refractivity (Wildman–Crippen MR) is 54.0 cm³/mol. The average molecular weight is 216 g/mol. The van der Waals surface area contributed by atoms with Crippen molar-refractivity contribution in [3.8, 4) is 11.5 Å². The van der Waals surface area contributed by atoms with Crippen LogP contribution in [0.4, 0.5) is 0 Å². The molecule has 0 saturated carbocycles. The Kier molecular flexibility index (Phi) is 3.91. The lowest BCUT2D eigenvalue weighted by molar-refractivity contribution is 0.392. The minimum atomic E-state index is -1.86.